The summed E-state index contributed by atoms with van der Waals surface area (Å²) in [5, 5.41) is 11.1. The van der Waals surface area contributed by atoms with Crippen LogP contribution < -0.4 is 5.32 Å². The number of carbonyl (C=O) groups excluding carboxylic acids is 1. The summed E-state index contributed by atoms with van der Waals surface area (Å²) in [6.45, 7) is 4.03. The van der Waals surface area contributed by atoms with E-state index in [-0.39, 0.29) is 6.41 Å². The van der Waals surface area contributed by atoms with E-state index in [1.165, 1.54) is 20.8 Å². The number of nitrogens with one attached hydrogen (secondary N) is 1. The number of ether oxygens (including phenoxy) is 2. The number of carboxylic acid groups (broad SMARTS) is 1. The first-order chi connectivity index (χ1) is 8.55. The van der Waals surface area contributed by atoms with Gasteiger partial charge in [0.1, 0.15) is 5.92 Å². The van der Waals surface area contributed by atoms with Gasteiger partial charge in [-0.15, -0.1) is 0 Å². The van der Waals surface area contributed by atoms with Gasteiger partial charge in [0, 0.05) is 13.7 Å². The monoisotopic (exact) mass is 283 g/mol. The maximum atomic E-state index is 13.6. The van der Waals surface area contributed by atoms with Crippen LogP contribution in [-0.2, 0) is 19.1 Å². The van der Waals surface area contributed by atoms with Crippen molar-refractivity contribution < 1.29 is 33.0 Å². The van der Waals surface area contributed by atoms with Crippen molar-refractivity contribution in [1.29, 1.82) is 0 Å². The van der Waals surface area contributed by atoms with E-state index in [0.717, 1.165) is 7.11 Å². The lowest BCUT2D eigenvalue weighted by Gasteiger charge is -2.33. The first-order valence-corrected chi connectivity index (χ1v) is 5.55. The number of hydrogen-bond donors (Lipinski definition) is 2. The van der Waals surface area contributed by atoms with Crippen molar-refractivity contribution in [2.24, 2.45) is 5.92 Å². The van der Waals surface area contributed by atoms with Crippen LogP contribution in [0.15, 0.2) is 0 Å². The minimum absolute atomic E-state index is 0.203. The first kappa shape index (κ1) is 17.7. The molecule has 112 valence electrons. The van der Waals surface area contributed by atoms with Crippen LogP contribution in [0.1, 0.15) is 20.8 Å². The van der Waals surface area contributed by atoms with E-state index < -0.39 is 36.2 Å². The highest BCUT2D eigenvalue weighted by atomic mass is 19.3. The Labute approximate surface area is 110 Å². The maximum Gasteiger partial charge on any atom is 0.363 e. The zero-order chi connectivity index (χ0) is 15.3. The normalized spacial score (nSPS) is 15.7. The summed E-state index contributed by atoms with van der Waals surface area (Å²) >= 11 is 0. The Morgan fingerprint density at radius 1 is 1.42 bits per heavy atom. The van der Waals surface area contributed by atoms with Crippen molar-refractivity contribution in [1.82, 2.24) is 5.32 Å². The fraction of sp³-hybridized carbons (Fsp3) is 0.818. The van der Waals surface area contributed by atoms with E-state index in [9.17, 15) is 18.4 Å². The Morgan fingerprint density at radius 2 is 1.95 bits per heavy atom. The number of alkyl halides is 2. The van der Waals surface area contributed by atoms with Crippen LogP contribution in [0.3, 0.4) is 0 Å². The number of methoxy groups -OCH3 is 1. The molecule has 0 rings (SSSR count). The average Bonchev–Trinajstić information content (AvgIpc) is 2.26. The number of halogens is 2. The minimum atomic E-state index is -3.75. The number of carbonyl (C=O) groups is 2. The molecule has 0 heterocycles. The SMILES string of the molecule is COC(F)(F)C(CNC=O)C(OC(C)(C)C)C(=O)O. The predicted octanol–water partition coefficient (Wildman–Crippen LogP) is 0.856. The van der Waals surface area contributed by atoms with Gasteiger partial charge in [0.05, 0.1) is 5.60 Å². The molecule has 6 nitrogen and oxygen atoms in total. The van der Waals surface area contributed by atoms with E-state index >= 15 is 0 Å². The Bertz CT molecular complexity index is 317. The summed E-state index contributed by atoms with van der Waals surface area (Å²) in [6.07, 6.45) is -5.36. The number of rotatable bonds is 8. The van der Waals surface area contributed by atoms with Crippen LogP contribution in [0.4, 0.5) is 8.78 Å². The van der Waals surface area contributed by atoms with Gasteiger partial charge in [-0.25, -0.2) is 4.79 Å². The van der Waals surface area contributed by atoms with Crippen LogP contribution in [0.5, 0.6) is 0 Å². The molecular formula is C11H19F2NO5. The molecule has 0 saturated heterocycles. The third kappa shape index (κ3) is 5.93. The van der Waals surface area contributed by atoms with Crippen LogP contribution in [0.25, 0.3) is 0 Å². The Kier molecular flexibility index (Phi) is 6.31. The molecule has 0 aromatic rings. The summed E-state index contributed by atoms with van der Waals surface area (Å²) in [5.74, 6) is -3.40. The molecule has 19 heavy (non-hydrogen) atoms. The molecule has 0 aromatic heterocycles. The molecule has 0 aliphatic rings. The molecule has 2 unspecified atom stereocenters. The summed E-state index contributed by atoms with van der Waals surface area (Å²) in [5.41, 5.74) is -0.938. The molecule has 0 aliphatic heterocycles. The lowest BCUT2D eigenvalue weighted by molar-refractivity contribution is -0.281. The van der Waals surface area contributed by atoms with Gasteiger partial charge >= 0.3 is 12.1 Å². The molecule has 2 atom stereocenters. The van der Waals surface area contributed by atoms with Gasteiger partial charge in [-0.3, -0.25) is 4.79 Å². The topological polar surface area (TPSA) is 84.9 Å². The third-order valence-corrected chi connectivity index (χ3v) is 2.21. The van der Waals surface area contributed by atoms with Gasteiger partial charge in [-0.1, -0.05) is 0 Å². The Hall–Kier alpha value is -1.28. The number of hydrogen-bond acceptors (Lipinski definition) is 4. The van der Waals surface area contributed by atoms with Gasteiger partial charge < -0.3 is 19.9 Å². The number of aliphatic carboxylic acids is 1. The Morgan fingerprint density at radius 3 is 2.26 bits per heavy atom. The summed E-state index contributed by atoms with van der Waals surface area (Å²) < 4.78 is 36.4. The molecule has 0 fully saturated rings. The van der Waals surface area contributed by atoms with Crippen LogP contribution in [-0.4, -0.2) is 49.0 Å². The van der Waals surface area contributed by atoms with Crippen molar-refractivity contribution in [2.75, 3.05) is 13.7 Å². The van der Waals surface area contributed by atoms with Crippen molar-refractivity contribution >= 4 is 12.4 Å². The second-order valence-corrected chi connectivity index (χ2v) is 4.89. The van der Waals surface area contributed by atoms with Crippen molar-refractivity contribution in [3.63, 3.8) is 0 Å². The molecule has 1 amide bonds. The smallest absolute Gasteiger partial charge is 0.363 e. The van der Waals surface area contributed by atoms with Gasteiger partial charge in [0.25, 0.3) is 0 Å². The van der Waals surface area contributed by atoms with Crippen LogP contribution >= 0.6 is 0 Å². The molecule has 0 radical (unpaired) electrons. The first-order valence-electron chi connectivity index (χ1n) is 5.55. The molecule has 0 aliphatic carbocycles. The van der Waals surface area contributed by atoms with E-state index in [4.69, 9.17) is 9.84 Å². The highest BCUT2D eigenvalue weighted by molar-refractivity contribution is 5.73. The fourth-order valence-corrected chi connectivity index (χ4v) is 1.41. The molecule has 0 aromatic carbocycles. The predicted molar refractivity (Wildman–Crippen MR) is 61.8 cm³/mol. The standard InChI is InChI=1S/C11H19F2NO5/c1-10(2,3)19-8(9(16)17)7(5-14-6-15)11(12,13)18-4/h6-8H,5H2,1-4H3,(H,14,15)(H,16,17). The van der Waals surface area contributed by atoms with Gasteiger partial charge in [0.15, 0.2) is 6.10 Å². The summed E-state index contributed by atoms with van der Waals surface area (Å²) in [6, 6.07) is 0. The van der Waals surface area contributed by atoms with Gasteiger partial charge in [-0.2, -0.15) is 8.78 Å². The Balaban J connectivity index is 5.25. The highest BCUT2D eigenvalue weighted by Crippen LogP contribution is 2.31. The van der Waals surface area contributed by atoms with E-state index in [2.05, 4.69) is 4.74 Å². The lowest BCUT2D eigenvalue weighted by Crippen LogP contribution is -2.51. The quantitative estimate of drug-likeness (QED) is 0.645. The zero-order valence-electron chi connectivity index (χ0n) is 11.3. The fourth-order valence-electron chi connectivity index (χ4n) is 1.41. The number of amides is 1. The van der Waals surface area contributed by atoms with E-state index in [1.54, 1.807) is 0 Å². The third-order valence-electron chi connectivity index (χ3n) is 2.21. The summed E-state index contributed by atoms with van der Waals surface area (Å²) in [7, 11) is 0.754. The van der Waals surface area contributed by atoms with Crippen molar-refractivity contribution in [3.8, 4) is 0 Å². The minimum Gasteiger partial charge on any atom is -0.479 e. The number of carboxylic acids is 1. The van der Waals surface area contributed by atoms with Gasteiger partial charge in [0.2, 0.25) is 6.41 Å². The average molecular weight is 283 g/mol. The van der Waals surface area contributed by atoms with Gasteiger partial charge in [-0.05, 0) is 20.8 Å². The second kappa shape index (κ2) is 6.76. The van der Waals surface area contributed by atoms with E-state index in [1.807, 2.05) is 5.32 Å². The highest BCUT2D eigenvalue weighted by Gasteiger charge is 2.49. The van der Waals surface area contributed by atoms with Crippen LogP contribution in [0, 0.1) is 5.92 Å². The molecular weight excluding hydrogens is 264 g/mol. The molecule has 0 saturated carbocycles. The molecule has 0 bridgehead atoms. The lowest BCUT2D eigenvalue weighted by atomic mass is 9.99. The summed E-state index contributed by atoms with van der Waals surface area (Å²) in [4.78, 5) is 21.3. The zero-order valence-corrected chi connectivity index (χ0v) is 11.3. The van der Waals surface area contributed by atoms with Crippen molar-refractivity contribution in [2.45, 2.75) is 38.6 Å². The van der Waals surface area contributed by atoms with Crippen LogP contribution in [0.2, 0.25) is 0 Å². The molecule has 8 heteroatoms. The second-order valence-electron chi connectivity index (χ2n) is 4.89. The largest absolute Gasteiger partial charge is 0.479 e. The van der Waals surface area contributed by atoms with E-state index in [0.29, 0.717) is 0 Å². The molecule has 2 N–H and O–H groups in total. The maximum absolute atomic E-state index is 13.6. The molecule has 0 spiro atoms. The van der Waals surface area contributed by atoms with Crippen molar-refractivity contribution in [3.05, 3.63) is 0 Å².